The molecule has 9 nitrogen and oxygen atoms in total. The highest BCUT2D eigenvalue weighted by molar-refractivity contribution is 6.02. The van der Waals surface area contributed by atoms with Gasteiger partial charge in [0.1, 0.15) is 17.4 Å². The normalized spacial score (nSPS) is 28.1. The largest absolute Gasteiger partial charge is 0.494 e. The lowest BCUT2D eigenvalue weighted by atomic mass is 9.70. The van der Waals surface area contributed by atoms with Crippen molar-refractivity contribution in [1.82, 2.24) is 10.2 Å². The number of carbonyl (C=O) groups excluding carboxylic acids is 3. The molecule has 0 aromatic heterocycles. The van der Waals surface area contributed by atoms with E-state index in [1.807, 2.05) is 34.6 Å². The second-order valence-electron chi connectivity index (χ2n) is 14.3. The molecule has 4 rings (SSSR count). The molecule has 2 unspecified atom stereocenters. The van der Waals surface area contributed by atoms with Gasteiger partial charge in [0.05, 0.1) is 37.2 Å². The van der Waals surface area contributed by atoms with Gasteiger partial charge in [0.25, 0.3) is 0 Å². The number of carbonyl (C=O) groups is 3. The van der Waals surface area contributed by atoms with Gasteiger partial charge in [-0.2, -0.15) is 0 Å². The number of likely N-dealkylation sites (tertiary alicyclic amines) is 1. The molecule has 2 bridgehead atoms. The molecule has 3 heterocycles. The molecule has 1 aromatic carbocycles. The number of nitrogens with one attached hydrogen (secondary N) is 2. The number of aliphatic hydroxyl groups excluding tert-OH is 1. The lowest BCUT2D eigenvalue weighted by molar-refractivity contribution is -0.146. The van der Waals surface area contributed by atoms with E-state index in [2.05, 4.69) is 31.4 Å². The smallest absolute Gasteiger partial charge is 0.246 e. The van der Waals surface area contributed by atoms with Gasteiger partial charge < -0.3 is 30.1 Å². The Morgan fingerprint density at radius 2 is 1.80 bits per heavy atom. The van der Waals surface area contributed by atoms with Crippen LogP contribution in [0.2, 0.25) is 0 Å². The Bertz CT molecular complexity index is 1130. The molecule has 0 saturated carbocycles. The predicted molar refractivity (Wildman–Crippen MR) is 157 cm³/mol. The molecule has 3 saturated heterocycles. The van der Waals surface area contributed by atoms with Gasteiger partial charge in [-0.3, -0.25) is 14.4 Å². The van der Waals surface area contributed by atoms with Crippen molar-refractivity contribution >= 4 is 23.4 Å². The summed E-state index contributed by atoms with van der Waals surface area (Å²) in [6.07, 6.45) is 1.91. The van der Waals surface area contributed by atoms with Crippen molar-refractivity contribution in [1.29, 1.82) is 0 Å². The van der Waals surface area contributed by atoms with Crippen LogP contribution in [0.25, 0.3) is 0 Å². The summed E-state index contributed by atoms with van der Waals surface area (Å²) in [4.78, 5) is 43.8. The second-order valence-corrected chi connectivity index (χ2v) is 14.3. The van der Waals surface area contributed by atoms with Crippen molar-refractivity contribution in [2.75, 3.05) is 18.5 Å². The first-order valence-electron chi connectivity index (χ1n) is 15.1. The fraction of sp³-hybridized carbons (Fsp3) is 0.719. The molecule has 3 aliphatic rings. The standard InChI is InChI=1S/C32H49N3O6/c1-9-40-22-12-10-20(11-13-22)33-27(37)24-23-14-15-32(41-23)25(24)29(39)35(21(17-36)16-19(2)3)26(32)28(38)34-31(7,8)18-30(4,5)6/h10-13,19,21,23-26,36H,9,14-18H2,1-8H3,(H,33,37)(H,34,38)/t21-,23-,24+,25+,26?,32?/m1/s1. The molecule has 0 radical (unpaired) electrons. The SMILES string of the molecule is CCOc1ccc(NC(=O)[C@@H]2[C@H]3C(=O)N([C@@H](CO)CC(C)C)C(C(=O)NC(C)(C)CC(C)(C)C)C34CC[C@H]2O4)cc1. The molecule has 3 aliphatic heterocycles. The number of amides is 3. The zero-order valence-electron chi connectivity index (χ0n) is 26.0. The number of hydrogen-bond acceptors (Lipinski definition) is 6. The predicted octanol–water partition coefficient (Wildman–Crippen LogP) is 4.14. The number of fused-ring (bicyclic) bond motifs is 1. The van der Waals surface area contributed by atoms with E-state index in [0.717, 1.165) is 6.42 Å². The zero-order valence-corrected chi connectivity index (χ0v) is 26.0. The fourth-order valence-corrected chi connectivity index (χ4v) is 7.70. The number of rotatable bonds is 11. The highest BCUT2D eigenvalue weighted by Crippen LogP contribution is 2.59. The van der Waals surface area contributed by atoms with E-state index in [1.54, 1.807) is 29.2 Å². The molecular weight excluding hydrogens is 522 g/mol. The number of nitrogens with zero attached hydrogens (tertiary/aromatic N) is 1. The van der Waals surface area contributed by atoms with Crippen molar-refractivity contribution in [3.63, 3.8) is 0 Å². The Hall–Kier alpha value is -2.65. The molecule has 6 atom stereocenters. The highest BCUT2D eigenvalue weighted by Gasteiger charge is 2.75. The maximum atomic E-state index is 14.3. The van der Waals surface area contributed by atoms with Crippen LogP contribution in [-0.4, -0.2) is 70.3 Å². The van der Waals surface area contributed by atoms with Crippen LogP contribution in [0.5, 0.6) is 5.75 Å². The molecule has 3 fully saturated rings. The molecule has 1 aromatic rings. The number of benzene rings is 1. The van der Waals surface area contributed by atoms with E-state index in [0.29, 0.717) is 37.3 Å². The van der Waals surface area contributed by atoms with Crippen molar-refractivity contribution in [3.8, 4) is 5.75 Å². The average Bonchev–Trinajstić information content (AvgIpc) is 3.49. The average molecular weight is 572 g/mol. The van der Waals surface area contributed by atoms with E-state index in [-0.39, 0.29) is 35.7 Å². The van der Waals surface area contributed by atoms with Crippen molar-refractivity contribution in [2.45, 2.75) is 110 Å². The third-order valence-corrected chi connectivity index (χ3v) is 8.50. The lowest BCUT2D eigenvalue weighted by Gasteiger charge is -2.40. The number of aliphatic hydroxyl groups is 1. The minimum atomic E-state index is -1.12. The van der Waals surface area contributed by atoms with Gasteiger partial charge in [-0.15, -0.1) is 0 Å². The maximum absolute atomic E-state index is 14.3. The molecule has 228 valence electrons. The monoisotopic (exact) mass is 571 g/mol. The van der Waals surface area contributed by atoms with Crippen LogP contribution in [0.1, 0.15) is 81.1 Å². The van der Waals surface area contributed by atoms with Gasteiger partial charge in [0.2, 0.25) is 17.7 Å². The lowest BCUT2D eigenvalue weighted by Crippen LogP contribution is -2.61. The van der Waals surface area contributed by atoms with Crippen LogP contribution in [0.4, 0.5) is 5.69 Å². The summed E-state index contributed by atoms with van der Waals surface area (Å²) in [6, 6.07) is 5.64. The van der Waals surface area contributed by atoms with E-state index in [4.69, 9.17) is 9.47 Å². The molecule has 3 N–H and O–H groups in total. The van der Waals surface area contributed by atoms with Gasteiger partial charge >= 0.3 is 0 Å². The third kappa shape index (κ3) is 6.26. The van der Waals surface area contributed by atoms with Gasteiger partial charge in [-0.05, 0) is 82.1 Å². The van der Waals surface area contributed by atoms with Crippen LogP contribution in [0, 0.1) is 23.2 Å². The van der Waals surface area contributed by atoms with Crippen LogP contribution < -0.4 is 15.4 Å². The van der Waals surface area contributed by atoms with Gasteiger partial charge in [-0.25, -0.2) is 0 Å². The summed E-state index contributed by atoms with van der Waals surface area (Å²) >= 11 is 0. The summed E-state index contributed by atoms with van der Waals surface area (Å²) in [5.41, 5.74) is -1.08. The van der Waals surface area contributed by atoms with E-state index in [9.17, 15) is 19.5 Å². The van der Waals surface area contributed by atoms with Crippen molar-refractivity contribution < 1.29 is 29.0 Å². The van der Waals surface area contributed by atoms with Crippen LogP contribution in [0.3, 0.4) is 0 Å². The number of hydrogen-bond donors (Lipinski definition) is 3. The topological polar surface area (TPSA) is 117 Å². The molecular formula is C32H49N3O6. The molecule has 3 amide bonds. The Morgan fingerprint density at radius 3 is 2.37 bits per heavy atom. The van der Waals surface area contributed by atoms with E-state index in [1.165, 1.54) is 0 Å². The summed E-state index contributed by atoms with van der Waals surface area (Å²) in [5, 5.41) is 16.6. The maximum Gasteiger partial charge on any atom is 0.246 e. The Balaban J connectivity index is 1.67. The number of ether oxygens (including phenoxy) is 2. The summed E-state index contributed by atoms with van der Waals surface area (Å²) in [7, 11) is 0. The molecule has 1 spiro atoms. The Morgan fingerprint density at radius 1 is 1.15 bits per heavy atom. The highest BCUT2D eigenvalue weighted by atomic mass is 16.5. The first-order valence-corrected chi connectivity index (χ1v) is 15.1. The van der Waals surface area contributed by atoms with Crippen LogP contribution >= 0.6 is 0 Å². The molecule has 0 aliphatic carbocycles. The zero-order chi connectivity index (χ0) is 30.3. The summed E-state index contributed by atoms with van der Waals surface area (Å²) < 4.78 is 12.1. The Labute approximate surface area is 244 Å². The van der Waals surface area contributed by atoms with Crippen molar-refractivity contribution in [3.05, 3.63) is 24.3 Å². The van der Waals surface area contributed by atoms with Crippen LogP contribution in [0.15, 0.2) is 24.3 Å². The van der Waals surface area contributed by atoms with Gasteiger partial charge in [-0.1, -0.05) is 34.6 Å². The van der Waals surface area contributed by atoms with Gasteiger partial charge in [0.15, 0.2) is 0 Å². The minimum Gasteiger partial charge on any atom is -0.494 e. The fourth-order valence-electron chi connectivity index (χ4n) is 7.70. The third-order valence-electron chi connectivity index (χ3n) is 8.50. The molecule has 41 heavy (non-hydrogen) atoms. The quantitative estimate of drug-likeness (QED) is 0.368. The first kappa shape index (κ1) is 31.3. The van der Waals surface area contributed by atoms with Crippen LogP contribution in [-0.2, 0) is 19.1 Å². The van der Waals surface area contributed by atoms with Crippen molar-refractivity contribution in [2.24, 2.45) is 23.2 Å². The minimum absolute atomic E-state index is 0.0274. The Kier molecular flexibility index (Phi) is 8.82. The summed E-state index contributed by atoms with van der Waals surface area (Å²) in [6.45, 7) is 16.6. The van der Waals surface area contributed by atoms with Gasteiger partial charge in [0, 0.05) is 11.2 Å². The molecule has 9 heteroatoms. The van der Waals surface area contributed by atoms with E-state index >= 15 is 0 Å². The summed E-state index contributed by atoms with van der Waals surface area (Å²) in [5.74, 6) is -1.50. The second kappa shape index (κ2) is 11.6. The number of anilines is 1. The first-order chi connectivity index (χ1) is 19.1. The van der Waals surface area contributed by atoms with E-state index < -0.39 is 41.2 Å².